The van der Waals surface area contributed by atoms with Crippen molar-refractivity contribution in [2.45, 2.75) is 52.6 Å². The van der Waals surface area contributed by atoms with Crippen LogP contribution in [0.3, 0.4) is 0 Å². The second-order valence-electron chi connectivity index (χ2n) is 6.46. The molecule has 1 N–H and O–H groups in total. The zero-order valence-corrected chi connectivity index (χ0v) is 13.2. The number of rotatable bonds is 6. The van der Waals surface area contributed by atoms with Gasteiger partial charge in [0.05, 0.1) is 0 Å². The number of piperidine rings is 1. The van der Waals surface area contributed by atoms with Gasteiger partial charge in [-0.1, -0.05) is 27.2 Å². The summed E-state index contributed by atoms with van der Waals surface area (Å²) in [6, 6.07) is 0. The van der Waals surface area contributed by atoms with E-state index in [4.69, 9.17) is 0 Å². The van der Waals surface area contributed by atoms with Crippen molar-refractivity contribution in [3.8, 4) is 0 Å². The van der Waals surface area contributed by atoms with Gasteiger partial charge in [-0.05, 0) is 38.3 Å². The first-order valence-electron chi connectivity index (χ1n) is 7.75. The predicted molar refractivity (Wildman–Crippen MR) is 76.9 cm³/mol. The number of nitrogens with one attached hydrogen (secondary N) is 1. The molecule has 1 fully saturated rings. The van der Waals surface area contributed by atoms with Crippen LogP contribution in [0.25, 0.3) is 0 Å². The molecule has 1 aliphatic heterocycles. The highest BCUT2D eigenvalue weighted by molar-refractivity contribution is 5.82. The monoisotopic (exact) mass is 308 g/mol. The molecule has 1 saturated heterocycles. The van der Waals surface area contributed by atoms with E-state index in [-0.39, 0.29) is 18.4 Å². The van der Waals surface area contributed by atoms with E-state index in [1.807, 2.05) is 6.92 Å². The SMILES string of the molecule is CCCCN(CC(F)(F)F)C(=O)C(C)(C)C1CCCNC1. The summed E-state index contributed by atoms with van der Waals surface area (Å²) in [5, 5.41) is 3.23. The van der Waals surface area contributed by atoms with Gasteiger partial charge in [-0.3, -0.25) is 4.79 Å². The van der Waals surface area contributed by atoms with Gasteiger partial charge in [0.2, 0.25) is 5.91 Å². The molecule has 0 aromatic rings. The molecule has 124 valence electrons. The Labute approximate surface area is 125 Å². The third kappa shape index (κ3) is 5.49. The van der Waals surface area contributed by atoms with Gasteiger partial charge in [-0.2, -0.15) is 13.2 Å². The van der Waals surface area contributed by atoms with Crippen LogP contribution in [-0.2, 0) is 4.79 Å². The zero-order valence-electron chi connectivity index (χ0n) is 13.2. The molecule has 21 heavy (non-hydrogen) atoms. The molecule has 1 atom stereocenters. The van der Waals surface area contributed by atoms with E-state index in [1.165, 1.54) is 0 Å². The fourth-order valence-electron chi connectivity index (χ4n) is 2.87. The van der Waals surface area contributed by atoms with Gasteiger partial charge in [0, 0.05) is 12.0 Å². The molecule has 1 unspecified atom stereocenters. The Bertz CT molecular complexity index is 336. The Kier molecular flexibility index (Phi) is 6.50. The summed E-state index contributed by atoms with van der Waals surface area (Å²) in [4.78, 5) is 13.6. The average Bonchev–Trinajstić information content (AvgIpc) is 2.42. The van der Waals surface area contributed by atoms with E-state index in [0.29, 0.717) is 13.0 Å². The Morgan fingerprint density at radius 2 is 2.00 bits per heavy atom. The third-order valence-corrected chi connectivity index (χ3v) is 4.31. The normalized spacial score (nSPS) is 20.4. The number of halogens is 3. The number of hydrogen-bond donors (Lipinski definition) is 1. The van der Waals surface area contributed by atoms with E-state index in [2.05, 4.69) is 5.32 Å². The lowest BCUT2D eigenvalue weighted by molar-refractivity contribution is -0.169. The van der Waals surface area contributed by atoms with E-state index in [0.717, 1.165) is 30.7 Å². The molecule has 0 aromatic carbocycles. The lowest BCUT2D eigenvalue weighted by Crippen LogP contribution is -2.51. The van der Waals surface area contributed by atoms with Gasteiger partial charge in [-0.25, -0.2) is 0 Å². The molecule has 0 aliphatic carbocycles. The molecule has 0 aromatic heterocycles. The fraction of sp³-hybridized carbons (Fsp3) is 0.933. The largest absolute Gasteiger partial charge is 0.406 e. The minimum absolute atomic E-state index is 0.0936. The highest BCUT2D eigenvalue weighted by atomic mass is 19.4. The zero-order chi connectivity index (χ0) is 16.1. The van der Waals surface area contributed by atoms with Crippen LogP contribution in [0.4, 0.5) is 13.2 Å². The topological polar surface area (TPSA) is 32.3 Å². The highest BCUT2D eigenvalue weighted by Crippen LogP contribution is 2.34. The molecule has 0 saturated carbocycles. The van der Waals surface area contributed by atoms with E-state index >= 15 is 0 Å². The van der Waals surface area contributed by atoms with E-state index in [9.17, 15) is 18.0 Å². The number of hydrogen-bond acceptors (Lipinski definition) is 2. The van der Waals surface area contributed by atoms with Crippen molar-refractivity contribution in [3.05, 3.63) is 0 Å². The average molecular weight is 308 g/mol. The van der Waals surface area contributed by atoms with Crippen LogP contribution in [0, 0.1) is 11.3 Å². The molecule has 0 bridgehead atoms. The first-order chi connectivity index (χ1) is 9.68. The molecule has 1 rings (SSSR count). The summed E-state index contributed by atoms with van der Waals surface area (Å²) < 4.78 is 38.2. The maximum Gasteiger partial charge on any atom is 0.406 e. The first kappa shape index (κ1) is 18.3. The van der Waals surface area contributed by atoms with Gasteiger partial charge in [-0.15, -0.1) is 0 Å². The van der Waals surface area contributed by atoms with Crippen LogP contribution in [0.15, 0.2) is 0 Å². The summed E-state index contributed by atoms with van der Waals surface area (Å²) in [6.45, 7) is 6.13. The van der Waals surface area contributed by atoms with Crippen molar-refractivity contribution in [1.82, 2.24) is 10.2 Å². The van der Waals surface area contributed by atoms with E-state index in [1.54, 1.807) is 13.8 Å². The van der Waals surface area contributed by atoms with Crippen LogP contribution in [0.5, 0.6) is 0 Å². The van der Waals surface area contributed by atoms with Gasteiger partial charge in [0.15, 0.2) is 0 Å². The van der Waals surface area contributed by atoms with Crippen molar-refractivity contribution in [1.29, 1.82) is 0 Å². The van der Waals surface area contributed by atoms with Crippen molar-refractivity contribution < 1.29 is 18.0 Å². The second kappa shape index (κ2) is 7.47. The van der Waals surface area contributed by atoms with E-state index < -0.39 is 18.1 Å². The van der Waals surface area contributed by atoms with Crippen LogP contribution in [-0.4, -0.2) is 43.2 Å². The molecule has 0 spiro atoms. The van der Waals surface area contributed by atoms with Gasteiger partial charge in [0.1, 0.15) is 6.54 Å². The number of nitrogens with zero attached hydrogens (tertiary/aromatic N) is 1. The highest BCUT2D eigenvalue weighted by Gasteiger charge is 2.42. The van der Waals surface area contributed by atoms with Crippen molar-refractivity contribution >= 4 is 5.91 Å². The Hall–Kier alpha value is -0.780. The third-order valence-electron chi connectivity index (χ3n) is 4.31. The molecular formula is C15H27F3N2O. The standard InChI is InChI=1S/C15H27F3N2O/c1-4-5-9-20(11-15(16,17)18)13(21)14(2,3)12-7-6-8-19-10-12/h12,19H,4-11H2,1-3H3. The molecule has 0 radical (unpaired) electrons. The minimum atomic E-state index is -4.34. The maximum absolute atomic E-state index is 12.7. The Balaban J connectivity index is 2.80. The van der Waals surface area contributed by atoms with Crippen LogP contribution in [0.2, 0.25) is 0 Å². The van der Waals surface area contributed by atoms with Crippen molar-refractivity contribution in [3.63, 3.8) is 0 Å². The Morgan fingerprint density at radius 1 is 1.33 bits per heavy atom. The lowest BCUT2D eigenvalue weighted by atomic mass is 9.74. The van der Waals surface area contributed by atoms with Crippen LogP contribution < -0.4 is 5.32 Å². The van der Waals surface area contributed by atoms with Gasteiger partial charge >= 0.3 is 6.18 Å². The predicted octanol–water partition coefficient (Wildman–Crippen LogP) is 3.20. The molecule has 1 amide bonds. The minimum Gasteiger partial charge on any atom is -0.333 e. The fourth-order valence-corrected chi connectivity index (χ4v) is 2.87. The van der Waals surface area contributed by atoms with Crippen molar-refractivity contribution in [2.24, 2.45) is 11.3 Å². The quantitative estimate of drug-likeness (QED) is 0.817. The summed E-state index contributed by atoms with van der Waals surface area (Å²) >= 11 is 0. The summed E-state index contributed by atoms with van der Waals surface area (Å²) in [5.74, 6) is -0.280. The Morgan fingerprint density at radius 3 is 2.48 bits per heavy atom. The second-order valence-corrected chi connectivity index (χ2v) is 6.46. The smallest absolute Gasteiger partial charge is 0.333 e. The molecule has 1 heterocycles. The van der Waals surface area contributed by atoms with Crippen LogP contribution >= 0.6 is 0 Å². The number of unbranched alkanes of at least 4 members (excludes halogenated alkanes) is 1. The molecule has 6 heteroatoms. The molecule has 3 nitrogen and oxygen atoms in total. The number of carbonyl (C=O) groups excluding carboxylic acids is 1. The molecule has 1 aliphatic rings. The lowest BCUT2D eigenvalue weighted by Gasteiger charge is -2.39. The summed E-state index contributed by atoms with van der Waals surface area (Å²) in [7, 11) is 0. The maximum atomic E-state index is 12.7. The summed E-state index contributed by atoms with van der Waals surface area (Å²) in [5.41, 5.74) is -0.758. The molecular weight excluding hydrogens is 281 g/mol. The van der Waals surface area contributed by atoms with Gasteiger partial charge < -0.3 is 10.2 Å². The van der Waals surface area contributed by atoms with Gasteiger partial charge in [0.25, 0.3) is 0 Å². The number of alkyl halides is 3. The first-order valence-corrected chi connectivity index (χ1v) is 7.75. The van der Waals surface area contributed by atoms with Crippen molar-refractivity contribution in [2.75, 3.05) is 26.2 Å². The number of amides is 1. The van der Waals surface area contributed by atoms with Crippen LogP contribution in [0.1, 0.15) is 46.5 Å². The number of carbonyl (C=O) groups is 1. The summed E-state index contributed by atoms with van der Waals surface area (Å²) in [6.07, 6.45) is -1.12.